The quantitative estimate of drug-likeness (QED) is 0.530. The summed E-state index contributed by atoms with van der Waals surface area (Å²) in [7, 11) is 0. The first kappa shape index (κ1) is 13.2. The van der Waals surface area contributed by atoms with E-state index in [-0.39, 0.29) is 10.7 Å². The largest absolute Gasteiger partial charge is 0.280 e. The van der Waals surface area contributed by atoms with Crippen molar-refractivity contribution in [3.8, 4) is 0 Å². The lowest BCUT2D eigenvalue weighted by Crippen LogP contribution is -2.61. The first-order chi connectivity index (χ1) is 8.10. The van der Waals surface area contributed by atoms with Crippen LogP contribution in [0.4, 0.5) is 0 Å². The van der Waals surface area contributed by atoms with Crippen molar-refractivity contribution in [1.29, 1.82) is 0 Å². The lowest BCUT2D eigenvalue weighted by atomic mass is 9.36. The van der Waals surface area contributed by atoms with Gasteiger partial charge in [0.15, 0.2) is 0 Å². The summed E-state index contributed by atoms with van der Waals surface area (Å²) >= 11 is 12.2. The molecule has 1 unspecified atom stereocenters. The fourth-order valence-electron chi connectivity index (χ4n) is 6.90. The zero-order chi connectivity index (χ0) is 13.4. The van der Waals surface area contributed by atoms with Gasteiger partial charge in [0.25, 0.3) is 0 Å². The second-order valence-electron chi connectivity index (χ2n) is 8.52. The van der Waals surface area contributed by atoms with Crippen molar-refractivity contribution in [1.82, 2.24) is 0 Å². The maximum Gasteiger partial charge on any atom is 0.240 e. The Kier molecular flexibility index (Phi) is 2.55. The van der Waals surface area contributed by atoms with Crippen LogP contribution in [0.5, 0.6) is 0 Å². The zero-order valence-electron chi connectivity index (χ0n) is 11.5. The van der Waals surface area contributed by atoms with Gasteiger partial charge in [0, 0.05) is 0 Å². The van der Waals surface area contributed by atoms with Gasteiger partial charge in [-0.15, -0.1) is 11.6 Å². The summed E-state index contributed by atoms with van der Waals surface area (Å²) in [5, 5.41) is -0.854. The van der Waals surface area contributed by atoms with Crippen LogP contribution in [0.3, 0.4) is 0 Å². The standard InChI is InChI=1S/C15H22Cl2O/c1-12-4-13(2)6-14(3,5-12)9-15(7-12,8-13)10(16)11(17)18/h10H,4-9H2,1-3H3. The number of hydrogen-bond donors (Lipinski definition) is 0. The Labute approximate surface area is 120 Å². The Balaban J connectivity index is 2.06. The lowest BCUT2D eigenvalue weighted by Gasteiger charge is -2.69. The predicted octanol–water partition coefficient (Wildman–Crippen LogP) is 4.75. The molecule has 4 bridgehead atoms. The van der Waals surface area contributed by atoms with E-state index in [1.165, 1.54) is 19.3 Å². The topological polar surface area (TPSA) is 17.1 Å². The summed E-state index contributed by atoms with van der Waals surface area (Å²) in [6.07, 6.45) is 7.11. The van der Waals surface area contributed by atoms with Gasteiger partial charge in [0.2, 0.25) is 5.24 Å². The Hall–Kier alpha value is 0.250. The van der Waals surface area contributed by atoms with E-state index in [2.05, 4.69) is 20.8 Å². The van der Waals surface area contributed by atoms with Crippen LogP contribution in [0, 0.1) is 21.7 Å². The van der Waals surface area contributed by atoms with Crippen molar-refractivity contribution >= 4 is 28.4 Å². The van der Waals surface area contributed by atoms with E-state index in [9.17, 15) is 4.79 Å². The fourth-order valence-corrected chi connectivity index (χ4v) is 7.36. The molecule has 0 aromatic carbocycles. The van der Waals surface area contributed by atoms with Crippen LogP contribution in [0.2, 0.25) is 0 Å². The molecule has 4 saturated carbocycles. The number of carbonyl (C=O) groups is 1. The van der Waals surface area contributed by atoms with Crippen LogP contribution in [0.25, 0.3) is 0 Å². The highest BCUT2D eigenvalue weighted by Crippen LogP contribution is 2.74. The van der Waals surface area contributed by atoms with Gasteiger partial charge in [0.1, 0.15) is 5.38 Å². The minimum atomic E-state index is -0.502. The van der Waals surface area contributed by atoms with Gasteiger partial charge in [-0.1, -0.05) is 20.8 Å². The molecule has 4 aliphatic rings. The lowest BCUT2D eigenvalue weighted by molar-refractivity contribution is -0.183. The molecule has 0 N–H and O–H groups in total. The summed E-state index contributed by atoms with van der Waals surface area (Å²) in [4.78, 5) is 11.6. The molecule has 1 nitrogen and oxygen atoms in total. The van der Waals surface area contributed by atoms with E-state index < -0.39 is 5.38 Å². The van der Waals surface area contributed by atoms with E-state index in [4.69, 9.17) is 23.2 Å². The van der Waals surface area contributed by atoms with E-state index in [1.54, 1.807) is 0 Å². The van der Waals surface area contributed by atoms with Gasteiger partial charge in [-0.05, 0) is 71.8 Å². The number of halogens is 2. The molecule has 0 aromatic heterocycles. The number of hydrogen-bond acceptors (Lipinski definition) is 1. The second-order valence-corrected chi connectivity index (χ2v) is 9.33. The normalized spacial score (nSPS) is 55.6. The van der Waals surface area contributed by atoms with Crippen LogP contribution in [0.1, 0.15) is 59.3 Å². The second kappa shape index (κ2) is 3.47. The molecule has 0 saturated heterocycles. The molecule has 0 amide bonds. The molecular weight excluding hydrogens is 267 g/mol. The first-order valence-electron chi connectivity index (χ1n) is 6.93. The molecule has 4 rings (SSSR count). The third-order valence-electron chi connectivity index (χ3n) is 5.63. The molecule has 0 heterocycles. The van der Waals surface area contributed by atoms with Crippen LogP contribution >= 0.6 is 23.2 Å². The smallest absolute Gasteiger partial charge is 0.240 e. The average Bonchev–Trinajstić information content (AvgIpc) is 2.07. The summed E-state index contributed by atoms with van der Waals surface area (Å²) in [6.45, 7) is 7.16. The third-order valence-corrected chi connectivity index (χ3v) is 6.63. The Morgan fingerprint density at radius 2 is 1.22 bits per heavy atom. The zero-order valence-corrected chi connectivity index (χ0v) is 13.0. The molecule has 0 aromatic rings. The monoisotopic (exact) mass is 288 g/mol. The van der Waals surface area contributed by atoms with Crippen LogP contribution in [-0.2, 0) is 4.79 Å². The summed E-state index contributed by atoms with van der Waals surface area (Å²) in [6, 6.07) is 0. The van der Waals surface area contributed by atoms with Crippen molar-refractivity contribution in [2.24, 2.45) is 21.7 Å². The van der Waals surface area contributed by atoms with Crippen molar-refractivity contribution in [3.63, 3.8) is 0 Å². The minimum absolute atomic E-state index is 0.0482. The highest BCUT2D eigenvalue weighted by Gasteiger charge is 2.66. The summed E-state index contributed by atoms with van der Waals surface area (Å²) in [5.74, 6) is 0. The van der Waals surface area contributed by atoms with E-state index in [0.717, 1.165) is 19.3 Å². The molecule has 0 spiro atoms. The van der Waals surface area contributed by atoms with Crippen molar-refractivity contribution < 1.29 is 4.79 Å². The van der Waals surface area contributed by atoms with Gasteiger partial charge < -0.3 is 0 Å². The first-order valence-corrected chi connectivity index (χ1v) is 7.75. The van der Waals surface area contributed by atoms with Crippen LogP contribution in [0.15, 0.2) is 0 Å². The fraction of sp³-hybridized carbons (Fsp3) is 0.933. The molecule has 4 aliphatic carbocycles. The van der Waals surface area contributed by atoms with Crippen molar-refractivity contribution in [2.45, 2.75) is 64.7 Å². The maximum atomic E-state index is 11.6. The van der Waals surface area contributed by atoms with Crippen molar-refractivity contribution in [3.05, 3.63) is 0 Å². The summed E-state index contributed by atoms with van der Waals surface area (Å²) in [5.41, 5.74) is 1.03. The van der Waals surface area contributed by atoms with E-state index in [1.807, 2.05) is 0 Å². The number of rotatable bonds is 2. The van der Waals surface area contributed by atoms with Gasteiger partial charge in [-0.2, -0.15) is 0 Å². The van der Waals surface area contributed by atoms with Gasteiger partial charge >= 0.3 is 0 Å². The molecule has 0 radical (unpaired) electrons. The minimum Gasteiger partial charge on any atom is -0.280 e. The highest BCUT2D eigenvalue weighted by atomic mass is 35.5. The van der Waals surface area contributed by atoms with E-state index in [0.29, 0.717) is 16.2 Å². The number of carbonyl (C=O) groups excluding carboxylic acids is 1. The molecule has 1 atom stereocenters. The van der Waals surface area contributed by atoms with Crippen molar-refractivity contribution in [2.75, 3.05) is 0 Å². The molecule has 4 fully saturated rings. The molecular formula is C15H22Cl2O. The molecule has 18 heavy (non-hydrogen) atoms. The maximum absolute atomic E-state index is 11.6. The SMILES string of the molecule is CC12CC3(C)CC(C)(C1)CC(C(Cl)C(=O)Cl)(C2)C3. The van der Waals surface area contributed by atoms with Crippen LogP contribution in [-0.4, -0.2) is 10.6 Å². The Morgan fingerprint density at radius 1 is 0.889 bits per heavy atom. The van der Waals surface area contributed by atoms with Crippen LogP contribution < -0.4 is 0 Å². The summed E-state index contributed by atoms with van der Waals surface area (Å²) < 4.78 is 0. The Bertz CT molecular complexity index is 363. The molecule has 0 aliphatic heterocycles. The Morgan fingerprint density at radius 3 is 1.50 bits per heavy atom. The predicted molar refractivity (Wildman–Crippen MR) is 75.0 cm³/mol. The average molecular weight is 289 g/mol. The van der Waals surface area contributed by atoms with Gasteiger partial charge in [-0.3, -0.25) is 4.79 Å². The molecule has 102 valence electrons. The number of alkyl halides is 1. The third kappa shape index (κ3) is 1.77. The van der Waals surface area contributed by atoms with E-state index >= 15 is 0 Å². The molecule has 3 heteroatoms. The highest BCUT2D eigenvalue weighted by molar-refractivity contribution is 6.69. The van der Waals surface area contributed by atoms with Gasteiger partial charge in [0.05, 0.1) is 0 Å². The van der Waals surface area contributed by atoms with Gasteiger partial charge in [-0.25, -0.2) is 0 Å².